The highest BCUT2D eigenvalue weighted by atomic mass is 16.5. The number of hydrogen-bond acceptors (Lipinski definition) is 5. The fourth-order valence-electron chi connectivity index (χ4n) is 4.83. The second kappa shape index (κ2) is 9.85. The van der Waals surface area contributed by atoms with Crippen molar-refractivity contribution in [3.8, 4) is 5.75 Å². The summed E-state index contributed by atoms with van der Waals surface area (Å²) in [6.45, 7) is -0.306. The number of carbonyl (C=O) groups is 3. The molecule has 2 N–H and O–H groups in total. The first kappa shape index (κ1) is 21.9. The van der Waals surface area contributed by atoms with Gasteiger partial charge in [-0.25, -0.2) is 0 Å². The molecule has 4 rings (SSSR count). The van der Waals surface area contributed by atoms with E-state index in [2.05, 4.69) is 10.6 Å². The summed E-state index contributed by atoms with van der Waals surface area (Å²) in [6, 6.07) is 13.5. The predicted molar refractivity (Wildman–Crippen MR) is 121 cm³/mol. The van der Waals surface area contributed by atoms with Gasteiger partial charge in [0.2, 0.25) is 0 Å². The highest BCUT2D eigenvalue weighted by Crippen LogP contribution is 2.49. The van der Waals surface area contributed by atoms with Crippen LogP contribution < -0.4 is 15.4 Å². The molecule has 2 fully saturated rings. The van der Waals surface area contributed by atoms with E-state index in [1.54, 1.807) is 55.6 Å². The fourth-order valence-corrected chi connectivity index (χ4v) is 4.83. The van der Waals surface area contributed by atoms with Crippen molar-refractivity contribution in [2.24, 2.45) is 17.8 Å². The van der Waals surface area contributed by atoms with Crippen LogP contribution in [0, 0.1) is 17.8 Å². The molecule has 0 unspecified atom stereocenters. The van der Waals surface area contributed by atoms with Crippen molar-refractivity contribution in [1.29, 1.82) is 0 Å². The van der Waals surface area contributed by atoms with Crippen LogP contribution in [-0.4, -0.2) is 31.5 Å². The highest BCUT2D eigenvalue weighted by molar-refractivity contribution is 6.04. The van der Waals surface area contributed by atoms with E-state index in [0.29, 0.717) is 40.9 Å². The Morgan fingerprint density at radius 1 is 0.906 bits per heavy atom. The van der Waals surface area contributed by atoms with E-state index in [1.165, 1.54) is 19.3 Å². The number of anilines is 2. The summed E-state index contributed by atoms with van der Waals surface area (Å²) >= 11 is 0. The number of hydrogen-bond donors (Lipinski definition) is 2. The van der Waals surface area contributed by atoms with Gasteiger partial charge in [0, 0.05) is 23.4 Å². The third-order valence-electron chi connectivity index (χ3n) is 6.46. The number of rotatable bonds is 8. The fraction of sp³-hybridized carbons (Fsp3) is 0.400. The molecule has 32 heavy (non-hydrogen) atoms. The van der Waals surface area contributed by atoms with Crippen LogP contribution in [0.1, 0.15) is 42.5 Å². The molecule has 0 spiro atoms. The lowest BCUT2D eigenvalue weighted by molar-refractivity contribution is -0.148. The van der Waals surface area contributed by atoms with E-state index >= 15 is 0 Å². The molecule has 2 aliphatic rings. The van der Waals surface area contributed by atoms with E-state index in [0.717, 1.165) is 12.3 Å². The molecule has 0 aromatic heterocycles. The Hall–Kier alpha value is -3.35. The predicted octanol–water partition coefficient (Wildman–Crippen LogP) is 4.26. The van der Waals surface area contributed by atoms with Crippen LogP contribution in [-0.2, 0) is 14.3 Å². The lowest BCUT2D eigenvalue weighted by atomic mass is 9.86. The third-order valence-corrected chi connectivity index (χ3v) is 6.46. The summed E-state index contributed by atoms with van der Waals surface area (Å²) in [6.07, 6.45) is 5.28. The number of nitrogens with one attached hydrogen (secondary N) is 2. The van der Waals surface area contributed by atoms with Gasteiger partial charge in [0.25, 0.3) is 11.8 Å². The molecular weight excluding hydrogens is 408 g/mol. The van der Waals surface area contributed by atoms with Crippen LogP contribution in [0.25, 0.3) is 0 Å². The number of amides is 2. The van der Waals surface area contributed by atoms with Gasteiger partial charge in [-0.2, -0.15) is 0 Å². The minimum absolute atomic E-state index is 0.261. The normalized spacial score (nSPS) is 21.1. The van der Waals surface area contributed by atoms with Crippen LogP contribution in [0.5, 0.6) is 5.75 Å². The summed E-state index contributed by atoms with van der Waals surface area (Å²) in [5, 5.41) is 5.49. The maximum Gasteiger partial charge on any atom is 0.306 e. The second-order valence-corrected chi connectivity index (χ2v) is 8.61. The zero-order chi connectivity index (χ0) is 22.5. The average molecular weight is 437 g/mol. The Balaban J connectivity index is 1.20. The zero-order valence-electron chi connectivity index (χ0n) is 18.1. The van der Waals surface area contributed by atoms with Crippen molar-refractivity contribution >= 4 is 29.2 Å². The molecule has 168 valence electrons. The molecule has 0 radical (unpaired) electrons. The number of esters is 1. The first-order valence-electron chi connectivity index (χ1n) is 11.0. The quantitative estimate of drug-likeness (QED) is 0.603. The molecule has 2 aromatic carbocycles. The van der Waals surface area contributed by atoms with Crippen LogP contribution in [0.3, 0.4) is 0 Å². The van der Waals surface area contributed by atoms with E-state index in [-0.39, 0.29) is 18.5 Å². The van der Waals surface area contributed by atoms with E-state index in [4.69, 9.17) is 9.47 Å². The maximum atomic E-state index is 12.4. The minimum atomic E-state index is -0.401. The average Bonchev–Trinajstić information content (AvgIpc) is 3.42. The topological polar surface area (TPSA) is 93.7 Å². The monoisotopic (exact) mass is 436 g/mol. The largest absolute Gasteiger partial charge is 0.497 e. The highest BCUT2D eigenvalue weighted by Gasteiger charge is 2.40. The lowest BCUT2D eigenvalue weighted by Crippen LogP contribution is -2.23. The summed E-state index contributed by atoms with van der Waals surface area (Å²) in [5.74, 6) is 1.59. The molecular formula is C25H28N2O5. The Bertz CT molecular complexity index is 971. The Morgan fingerprint density at radius 2 is 1.59 bits per heavy atom. The van der Waals surface area contributed by atoms with Crippen molar-refractivity contribution in [3.05, 3.63) is 54.1 Å². The molecule has 0 saturated heterocycles. The number of methoxy groups -OCH3 is 1. The Morgan fingerprint density at radius 3 is 2.22 bits per heavy atom. The number of ether oxygens (including phenoxy) is 2. The van der Waals surface area contributed by atoms with Gasteiger partial charge in [0.05, 0.1) is 7.11 Å². The summed E-state index contributed by atoms with van der Waals surface area (Å²) in [7, 11) is 1.58. The maximum absolute atomic E-state index is 12.4. The van der Waals surface area contributed by atoms with E-state index in [1.807, 2.05) is 0 Å². The minimum Gasteiger partial charge on any atom is -0.497 e. The standard InChI is InChI=1S/C25H28N2O5/c1-31-22-10-8-21(9-11-22)27-25(30)17-4-6-20(7-5-17)26-23(28)15-32-24(29)14-19-13-16-2-3-18(19)12-16/h4-11,16,18-19H,2-3,12-15H2,1H3,(H,26,28)(H,27,30)/t16-,18+,19-/m1/s1. The second-order valence-electron chi connectivity index (χ2n) is 8.61. The Kier molecular flexibility index (Phi) is 6.73. The molecule has 7 heteroatoms. The molecule has 3 atom stereocenters. The molecule has 0 aliphatic heterocycles. The van der Waals surface area contributed by atoms with Crippen molar-refractivity contribution in [2.45, 2.75) is 32.1 Å². The van der Waals surface area contributed by atoms with Gasteiger partial charge in [-0.3, -0.25) is 14.4 Å². The van der Waals surface area contributed by atoms with Gasteiger partial charge in [-0.15, -0.1) is 0 Å². The van der Waals surface area contributed by atoms with Crippen molar-refractivity contribution < 1.29 is 23.9 Å². The van der Waals surface area contributed by atoms with Crippen LogP contribution >= 0.6 is 0 Å². The number of benzene rings is 2. The van der Waals surface area contributed by atoms with Crippen molar-refractivity contribution in [3.63, 3.8) is 0 Å². The van der Waals surface area contributed by atoms with Gasteiger partial charge in [-0.1, -0.05) is 6.42 Å². The molecule has 7 nitrogen and oxygen atoms in total. The van der Waals surface area contributed by atoms with Crippen LogP contribution in [0.15, 0.2) is 48.5 Å². The number of carbonyl (C=O) groups excluding carboxylic acids is 3. The van der Waals surface area contributed by atoms with Crippen LogP contribution in [0.2, 0.25) is 0 Å². The first-order chi connectivity index (χ1) is 15.5. The van der Waals surface area contributed by atoms with E-state index in [9.17, 15) is 14.4 Å². The van der Waals surface area contributed by atoms with Gasteiger partial charge in [-0.05, 0) is 85.5 Å². The van der Waals surface area contributed by atoms with E-state index < -0.39 is 5.91 Å². The molecule has 2 amide bonds. The molecule has 0 heterocycles. The zero-order valence-corrected chi connectivity index (χ0v) is 18.1. The lowest BCUT2D eigenvalue weighted by Gasteiger charge is -2.20. The number of fused-ring (bicyclic) bond motifs is 2. The Labute approximate surface area is 187 Å². The molecule has 2 aliphatic carbocycles. The molecule has 2 bridgehead atoms. The van der Waals surface area contributed by atoms with Gasteiger partial charge in [0.1, 0.15) is 5.75 Å². The van der Waals surface area contributed by atoms with Crippen LogP contribution in [0.4, 0.5) is 11.4 Å². The molecule has 2 saturated carbocycles. The first-order valence-corrected chi connectivity index (χ1v) is 11.0. The molecule has 2 aromatic rings. The van der Waals surface area contributed by atoms with Crippen molar-refractivity contribution in [2.75, 3.05) is 24.4 Å². The van der Waals surface area contributed by atoms with Gasteiger partial charge in [0.15, 0.2) is 6.61 Å². The SMILES string of the molecule is COc1ccc(NC(=O)c2ccc(NC(=O)COC(=O)C[C@H]3C[C@@H]4CC[C@H]3C4)cc2)cc1. The smallest absolute Gasteiger partial charge is 0.306 e. The summed E-state index contributed by atoms with van der Waals surface area (Å²) in [4.78, 5) is 36.6. The third kappa shape index (κ3) is 5.46. The van der Waals surface area contributed by atoms with Gasteiger partial charge >= 0.3 is 5.97 Å². The summed E-state index contributed by atoms with van der Waals surface area (Å²) in [5.41, 5.74) is 1.64. The summed E-state index contributed by atoms with van der Waals surface area (Å²) < 4.78 is 10.3. The van der Waals surface area contributed by atoms with Crippen molar-refractivity contribution in [1.82, 2.24) is 0 Å². The van der Waals surface area contributed by atoms with Gasteiger partial charge < -0.3 is 20.1 Å².